The van der Waals surface area contributed by atoms with Gasteiger partial charge >= 0.3 is 5.97 Å². The van der Waals surface area contributed by atoms with Gasteiger partial charge in [0, 0.05) is 11.8 Å². The minimum absolute atomic E-state index is 0.0577. The molecule has 0 bridgehead atoms. The van der Waals surface area contributed by atoms with Gasteiger partial charge in [0.1, 0.15) is 0 Å². The number of esters is 1. The van der Waals surface area contributed by atoms with E-state index in [4.69, 9.17) is 0 Å². The zero-order valence-corrected chi connectivity index (χ0v) is 9.81. The van der Waals surface area contributed by atoms with E-state index in [1.54, 1.807) is 0 Å². The summed E-state index contributed by atoms with van der Waals surface area (Å²) >= 11 is 2.92. The van der Waals surface area contributed by atoms with E-state index in [2.05, 4.69) is 25.7 Å². The molecule has 0 aliphatic carbocycles. The molecule has 4 nitrogen and oxygen atoms in total. The fourth-order valence-corrected chi connectivity index (χ4v) is 1.43. The van der Waals surface area contributed by atoms with Gasteiger partial charge in [0.2, 0.25) is 0 Å². The number of aromatic nitrogens is 1. The van der Waals surface area contributed by atoms with Crippen molar-refractivity contribution in [3.05, 3.63) is 32.2 Å². The number of carbonyl (C=O) groups excluding carboxylic acids is 1. The van der Waals surface area contributed by atoms with Crippen molar-refractivity contribution in [3.8, 4) is 0 Å². The predicted molar refractivity (Wildman–Crippen MR) is 55.4 cm³/mol. The van der Waals surface area contributed by atoms with Gasteiger partial charge in [-0.15, -0.1) is 0 Å². The average Bonchev–Trinajstić information content (AvgIpc) is 2.23. The van der Waals surface area contributed by atoms with Gasteiger partial charge in [-0.05, 0) is 15.9 Å². The minimum atomic E-state index is -2.79. The fourth-order valence-electron chi connectivity index (χ4n) is 1.07. The smallest absolute Gasteiger partial charge is 0.311 e. The highest BCUT2D eigenvalue weighted by molar-refractivity contribution is 9.10. The highest BCUT2D eigenvalue weighted by atomic mass is 79.9. The quantitative estimate of drug-likeness (QED) is 0.865. The summed E-state index contributed by atoms with van der Waals surface area (Å²) in [6.45, 7) is 0. The number of hydrogen-bond acceptors (Lipinski definition) is 3. The molecule has 0 unspecified atom stereocenters. The van der Waals surface area contributed by atoms with E-state index in [9.17, 15) is 18.4 Å². The number of H-pyrrole nitrogens is 1. The second kappa shape index (κ2) is 5.20. The standard InChI is InChI=1S/C9H8BrF2NO3/c1-16-7(15)3-4-8(10)6(14)2-5(13-4)9(11)12/h2,9H,3H2,1H3,(H,13,14). The van der Waals surface area contributed by atoms with E-state index >= 15 is 0 Å². The lowest BCUT2D eigenvalue weighted by Gasteiger charge is -2.06. The molecule has 0 radical (unpaired) electrons. The normalized spacial score (nSPS) is 10.6. The summed E-state index contributed by atoms with van der Waals surface area (Å²) in [4.78, 5) is 24.6. The molecule has 7 heteroatoms. The summed E-state index contributed by atoms with van der Waals surface area (Å²) in [5.41, 5.74) is -1.05. The highest BCUT2D eigenvalue weighted by Crippen LogP contribution is 2.18. The summed E-state index contributed by atoms with van der Waals surface area (Å²) < 4.78 is 29.2. The Balaban J connectivity index is 3.17. The summed E-state index contributed by atoms with van der Waals surface area (Å²) in [5, 5.41) is 0. The van der Waals surface area contributed by atoms with Crippen LogP contribution in [0, 0.1) is 0 Å². The Hall–Kier alpha value is -1.24. The summed E-state index contributed by atoms with van der Waals surface area (Å²) in [7, 11) is 1.17. The molecule has 0 fully saturated rings. The molecule has 1 aromatic rings. The van der Waals surface area contributed by atoms with Gasteiger partial charge in [-0.2, -0.15) is 0 Å². The Morgan fingerprint density at radius 1 is 1.62 bits per heavy atom. The molecule has 0 saturated heterocycles. The fraction of sp³-hybridized carbons (Fsp3) is 0.333. The molecule has 1 aromatic heterocycles. The summed E-state index contributed by atoms with van der Waals surface area (Å²) in [6.07, 6.45) is -3.07. The summed E-state index contributed by atoms with van der Waals surface area (Å²) in [6, 6.07) is 0.787. The van der Waals surface area contributed by atoms with Crippen LogP contribution in [0.2, 0.25) is 0 Å². The molecule has 16 heavy (non-hydrogen) atoms. The Labute approximate surface area is 97.7 Å². The van der Waals surface area contributed by atoms with Crippen LogP contribution in [-0.2, 0) is 16.0 Å². The lowest BCUT2D eigenvalue weighted by atomic mass is 10.2. The van der Waals surface area contributed by atoms with Gasteiger partial charge < -0.3 is 9.72 Å². The molecule has 0 saturated carbocycles. The first-order valence-electron chi connectivity index (χ1n) is 4.22. The molecular weight excluding hydrogens is 288 g/mol. The Bertz CT molecular complexity index is 459. The van der Waals surface area contributed by atoms with Gasteiger partial charge in [0.15, 0.2) is 5.43 Å². The number of pyridine rings is 1. The topological polar surface area (TPSA) is 59.2 Å². The number of aromatic amines is 1. The number of carbonyl (C=O) groups is 1. The lowest BCUT2D eigenvalue weighted by Crippen LogP contribution is -2.14. The first kappa shape index (κ1) is 12.8. The zero-order valence-electron chi connectivity index (χ0n) is 8.22. The molecule has 0 aliphatic rings. The number of hydrogen-bond donors (Lipinski definition) is 1. The van der Waals surface area contributed by atoms with Crippen LogP contribution < -0.4 is 5.43 Å². The first-order valence-corrected chi connectivity index (χ1v) is 5.01. The highest BCUT2D eigenvalue weighted by Gasteiger charge is 2.15. The summed E-state index contributed by atoms with van der Waals surface area (Å²) in [5.74, 6) is -0.622. The van der Waals surface area contributed by atoms with Crippen LogP contribution in [0.4, 0.5) is 8.78 Å². The number of ether oxygens (including phenoxy) is 1. The Morgan fingerprint density at radius 2 is 2.25 bits per heavy atom. The van der Waals surface area contributed by atoms with Gasteiger partial charge in [0.05, 0.1) is 23.7 Å². The van der Waals surface area contributed by atoms with Crippen molar-refractivity contribution in [2.75, 3.05) is 7.11 Å². The van der Waals surface area contributed by atoms with Crippen molar-refractivity contribution in [1.82, 2.24) is 4.98 Å². The second-order valence-corrected chi connectivity index (χ2v) is 3.73. The number of nitrogens with one attached hydrogen (secondary N) is 1. The van der Waals surface area contributed by atoms with Gasteiger partial charge in [0.25, 0.3) is 6.43 Å². The van der Waals surface area contributed by atoms with Crippen molar-refractivity contribution in [3.63, 3.8) is 0 Å². The maximum Gasteiger partial charge on any atom is 0.311 e. The van der Waals surface area contributed by atoms with Crippen LogP contribution in [0.5, 0.6) is 0 Å². The molecular formula is C9H8BrF2NO3. The molecule has 0 spiro atoms. The second-order valence-electron chi connectivity index (χ2n) is 2.94. The van der Waals surface area contributed by atoms with Crippen molar-refractivity contribution < 1.29 is 18.3 Å². The SMILES string of the molecule is COC(=O)Cc1[nH]c(C(F)F)cc(=O)c1Br. The minimum Gasteiger partial charge on any atom is -0.469 e. The van der Waals surface area contributed by atoms with Crippen LogP contribution >= 0.6 is 15.9 Å². The Kier molecular flexibility index (Phi) is 4.17. The molecule has 1 rings (SSSR count). The molecule has 0 aliphatic heterocycles. The largest absolute Gasteiger partial charge is 0.469 e. The molecule has 0 amide bonds. The van der Waals surface area contributed by atoms with E-state index in [1.807, 2.05) is 0 Å². The van der Waals surface area contributed by atoms with Crippen molar-refractivity contribution in [2.45, 2.75) is 12.8 Å². The third-order valence-corrected chi connectivity index (χ3v) is 2.72. The van der Waals surface area contributed by atoms with Gasteiger partial charge in [-0.3, -0.25) is 9.59 Å². The number of alkyl halides is 2. The van der Waals surface area contributed by atoms with Crippen LogP contribution in [0.1, 0.15) is 17.8 Å². The maximum absolute atomic E-state index is 12.4. The third-order valence-electron chi connectivity index (χ3n) is 1.85. The maximum atomic E-state index is 12.4. The van der Waals surface area contributed by atoms with Crippen LogP contribution in [0.25, 0.3) is 0 Å². The monoisotopic (exact) mass is 295 g/mol. The van der Waals surface area contributed by atoms with E-state index in [0.29, 0.717) is 0 Å². The average molecular weight is 296 g/mol. The van der Waals surface area contributed by atoms with E-state index in [0.717, 1.165) is 6.07 Å². The van der Waals surface area contributed by atoms with Crippen molar-refractivity contribution >= 4 is 21.9 Å². The Morgan fingerprint density at radius 3 is 2.75 bits per heavy atom. The lowest BCUT2D eigenvalue weighted by molar-refractivity contribution is -0.139. The molecule has 88 valence electrons. The van der Waals surface area contributed by atoms with Gasteiger partial charge in [-0.1, -0.05) is 0 Å². The molecule has 0 aromatic carbocycles. The van der Waals surface area contributed by atoms with E-state index in [-0.39, 0.29) is 16.6 Å². The van der Waals surface area contributed by atoms with Crippen molar-refractivity contribution in [1.29, 1.82) is 0 Å². The number of rotatable bonds is 3. The molecule has 1 heterocycles. The number of methoxy groups -OCH3 is 1. The zero-order chi connectivity index (χ0) is 12.3. The van der Waals surface area contributed by atoms with Crippen LogP contribution in [-0.4, -0.2) is 18.1 Å². The first-order chi connectivity index (χ1) is 7.45. The van der Waals surface area contributed by atoms with E-state index in [1.165, 1.54) is 7.11 Å². The van der Waals surface area contributed by atoms with E-state index < -0.39 is 23.5 Å². The van der Waals surface area contributed by atoms with Gasteiger partial charge in [-0.25, -0.2) is 8.78 Å². The van der Waals surface area contributed by atoms with Crippen molar-refractivity contribution in [2.24, 2.45) is 0 Å². The third kappa shape index (κ3) is 2.88. The van der Waals surface area contributed by atoms with Crippen LogP contribution in [0.3, 0.4) is 0 Å². The molecule has 0 atom stereocenters. The number of halogens is 3. The predicted octanol–water partition coefficient (Wildman–Crippen LogP) is 1.79. The molecule has 1 N–H and O–H groups in total. The van der Waals surface area contributed by atoms with Crippen LogP contribution in [0.15, 0.2) is 15.3 Å².